The highest BCUT2D eigenvalue weighted by Crippen LogP contribution is 2.14. The number of piperidine rings is 1. The highest BCUT2D eigenvalue weighted by atomic mass is 16.6. The molecule has 5 heteroatoms. The molecule has 1 atom stereocenters. The molecule has 0 aliphatic carbocycles. The first kappa shape index (κ1) is 18.3. The first-order chi connectivity index (χ1) is 11.3. The summed E-state index contributed by atoms with van der Waals surface area (Å²) in [5, 5.41) is 2.77. The Labute approximate surface area is 144 Å². The zero-order valence-corrected chi connectivity index (χ0v) is 14.9. The summed E-state index contributed by atoms with van der Waals surface area (Å²) in [6.07, 6.45) is 3.13. The standard InChI is InChI=1S/C19H28N2O3/c1-19(2,3)24-18(23)20-16(14-15-10-6-4-7-11-15)17(22)21-12-8-5-9-13-21/h4,6-7,10-11,16H,5,8-9,12-14H2,1-3H3,(H,20,23)/t16-/m0/s1. The third-order valence-corrected chi connectivity index (χ3v) is 3.94. The fourth-order valence-electron chi connectivity index (χ4n) is 2.83. The number of carbonyl (C=O) groups excluding carboxylic acids is 2. The molecular weight excluding hydrogens is 304 g/mol. The second kappa shape index (κ2) is 8.18. The van der Waals surface area contributed by atoms with Crippen LogP contribution in [-0.4, -0.2) is 41.6 Å². The molecule has 1 aromatic rings. The highest BCUT2D eigenvalue weighted by molar-refractivity contribution is 5.86. The summed E-state index contributed by atoms with van der Waals surface area (Å²) in [7, 11) is 0. The zero-order valence-electron chi connectivity index (χ0n) is 14.9. The minimum absolute atomic E-state index is 0.0237. The Bertz CT molecular complexity index is 545. The van der Waals surface area contributed by atoms with Crippen molar-refractivity contribution in [2.24, 2.45) is 0 Å². The van der Waals surface area contributed by atoms with Crippen molar-refractivity contribution in [3.05, 3.63) is 35.9 Å². The van der Waals surface area contributed by atoms with Crippen LogP contribution in [0, 0.1) is 0 Å². The van der Waals surface area contributed by atoms with Crippen LogP contribution < -0.4 is 5.32 Å². The van der Waals surface area contributed by atoms with E-state index in [1.165, 1.54) is 0 Å². The van der Waals surface area contributed by atoms with Gasteiger partial charge in [-0.15, -0.1) is 0 Å². The molecule has 0 radical (unpaired) electrons. The number of carbonyl (C=O) groups is 2. The van der Waals surface area contributed by atoms with E-state index >= 15 is 0 Å². The van der Waals surface area contributed by atoms with E-state index in [1.54, 1.807) is 0 Å². The minimum Gasteiger partial charge on any atom is -0.444 e. The van der Waals surface area contributed by atoms with Gasteiger partial charge in [0.15, 0.2) is 0 Å². The molecule has 1 aliphatic rings. The third kappa shape index (κ3) is 5.87. The molecule has 1 saturated heterocycles. The lowest BCUT2D eigenvalue weighted by Crippen LogP contribution is -2.51. The monoisotopic (exact) mass is 332 g/mol. The van der Waals surface area contributed by atoms with Gasteiger partial charge in [-0.25, -0.2) is 4.79 Å². The van der Waals surface area contributed by atoms with E-state index in [-0.39, 0.29) is 5.91 Å². The van der Waals surface area contributed by atoms with E-state index in [9.17, 15) is 9.59 Å². The Balaban J connectivity index is 2.08. The van der Waals surface area contributed by atoms with Gasteiger partial charge in [-0.3, -0.25) is 4.79 Å². The van der Waals surface area contributed by atoms with E-state index in [0.29, 0.717) is 6.42 Å². The number of benzene rings is 1. The summed E-state index contributed by atoms with van der Waals surface area (Å²) >= 11 is 0. The van der Waals surface area contributed by atoms with Crippen LogP contribution in [0.15, 0.2) is 30.3 Å². The van der Waals surface area contributed by atoms with E-state index in [4.69, 9.17) is 4.74 Å². The van der Waals surface area contributed by atoms with Crippen molar-refractivity contribution < 1.29 is 14.3 Å². The Morgan fingerprint density at radius 3 is 2.33 bits per heavy atom. The number of hydrogen-bond acceptors (Lipinski definition) is 3. The molecule has 2 rings (SSSR count). The molecule has 24 heavy (non-hydrogen) atoms. The molecule has 1 heterocycles. The van der Waals surface area contributed by atoms with Gasteiger partial charge in [-0.2, -0.15) is 0 Å². The van der Waals surface area contributed by atoms with Crippen LogP contribution in [0.1, 0.15) is 45.6 Å². The van der Waals surface area contributed by atoms with Gasteiger partial charge in [0.25, 0.3) is 0 Å². The van der Waals surface area contributed by atoms with Crippen LogP contribution in [0.25, 0.3) is 0 Å². The smallest absolute Gasteiger partial charge is 0.408 e. The van der Waals surface area contributed by atoms with Crippen LogP contribution in [-0.2, 0) is 16.0 Å². The molecule has 0 bridgehead atoms. The molecule has 0 aromatic heterocycles. The molecule has 1 aromatic carbocycles. The van der Waals surface area contributed by atoms with Crippen molar-refractivity contribution in [2.45, 2.75) is 58.1 Å². The lowest BCUT2D eigenvalue weighted by molar-refractivity contribution is -0.134. The summed E-state index contributed by atoms with van der Waals surface area (Å²) in [5.74, 6) is -0.0237. The van der Waals surface area contributed by atoms with Gasteiger partial charge in [0.05, 0.1) is 0 Å². The summed E-state index contributed by atoms with van der Waals surface area (Å²) in [4.78, 5) is 26.9. The molecule has 1 aliphatic heterocycles. The van der Waals surface area contributed by atoms with Gasteiger partial charge in [-0.1, -0.05) is 30.3 Å². The maximum Gasteiger partial charge on any atom is 0.408 e. The van der Waals surface area contributed by atoms with Crippen LogP contribution in [0.4, 0.5) is 4.79 Å². The average Bonchev–Trinajstić information content (AvgIpc) is 2.53. The minimum atomic E-state index is -0.597. The Hall–Kier alpha value is -2.04. The largest absolute Gasteiger partial charge is 0.444 e. The van der Waals surface area contributed by atoms with Crippen molar-refractivity contribution in [2.75, 3.05) is 13.1 Å². The second-order valence-corrected chi connectivity index (χ2v) is 7.27. The van der Waals surface area contributed by atoms with E-state index in [0.717, 1.165) is 37.9 Å². The molecule has 1 fully saturated rings. The van der Waals surface area contributed by atoms with Gasteiger partial charge in [-0.05, 0) is 45.6 Å². The topological polar surface area (TPSA) is 58.6 Å². The number of ether oxygens (including phenoxy) is 1. The number of nitrogens with one attached hydrogen (secondary N) is 1. The summed E-state index contributed by atoms with van der Waals surface area (Å²) in [6, 6.07) is 9.14. The van der Waals surface area contributed by atoms with Crippen LogP contribution in [0.2, 0.25) is 0 Å². The summed E-state index contributed by atoms with van der Waals surface area (Å²) < 4.78 is 5.32. The lowest BCUT2D eigenvalue weighted by Gasteiger charge is -2.31. The molecule has 0 saturated carbocycles. The first-order valence-corrected chi connectivity index (χ1v) is 8.67. The fourth-order valence-corrected chi connectivity index (χ4v) is 2.83. The van der Waals surface area contributed by atoms with Crippen molar-refractivity contribution in [1.82, 2.24) is 10.2 Å². The van der Waals surface area contributed by atoms with E-state index in [2.05, 4.69) is 5.32 Å². The Morgan fingerprint density at radius 1 is 1.12 bits per heavy atom. The molecule has 132 valence electrons. The van der Waals surface area contributed by atoms with Crippen molar-refractivity contribution >= 4 is 12.0 Å². The predicted octanol–water partition coefficient (Wildman–Crippen LogP) is 3.13. The molecule has 1 N–H and O–H groups in total. The number of alkyl carbamates (subject to hydrolysis) is 1. The Kier molecular flexibility index (Phi) is 6.23. The quantitative estimate of drug-likeness (QED) is 0.921. The third-order valence-electron chi connectivity index (χ3n) is 3.94. The number of nitrogens with zero attached hydrogens (tertiary/aromatic N) is 1. The SMILES string of the molecule is CC(C)(C)OC(=O)N[C@@H](Cc1ccccc1)C(=O)N1CCCCC1. The molecule has 5 nitrogen and oxygen atoms in total. The first-order valence-electron chi connectivity index (χ1n) is 8.67. The molecule has 0 unspecified atom stereocenters. The summed E-state index contributed by atoms with van der Waals surface area (Å²) in [5.41, 5.74) is 0.430. The van der Waals surface area contributed by atoms with Gasteiger partial charge < -0.3 is 15.0 Å². The number of rotatable bonds is 4. The van der Waals surface area contributed by atoms with Gasteiger partial charge in [0.1, 0.15) is 11.6 Å². The van der Waals surface area contributed by atoms with Crippen molar-refractivity contribution in [3.63, 3.8) is 0 Å². The number of amides is 2. The lowest BCUT2D eigenvalue weighted by atomic mass is 10.0. The van der Waals surface area contributed by atoms with Gasteiger partial charge >= 0.3 is 6.09 Å². The van der Waals surface area contributed by atoms with Gasteiger partial charge in [0.2, 0.25) is 5.91 Å². The van der Waals surface area contributed by atoms with Crippen LogP contribution >= 0.6 is 0 Å². The predicted molar refractivity (Wildman–Crippen MR) is 93.7 cm³/mol. The fraction of sp³-hybridized carbons (Fsp3) is 0.579. The zero-order chi connectivity index (χ0) is 17.6. The van der Waals surface area contributed by atoms with Gasteiger partial charge in [0, 0.05) is 19.5 Å². The van der Waals surface area contributed by atoms with Crippen LogP contribution in [0.5, 0.6) is 0 Å². The Morgan fingerprint density at radius 2 is 1.75 bits per heavy atom. The summed E-state index contributed by atoms with van der Waals surface area (Å²) in [6.45, 7) is 6.96. The van der Waals surface area contributed by atoms with Crippen LogP contribution in [0.3, 0.4) is 0 Å². The van der Waals surface area contributed by atoms with E-state index in [1.807, 2.05) is 56.0 Å². The normalized spacial score (nSPS) is 16.4. The van der Waals surface area contributed by atoms with E-state index < -0.39 is 17.7 Å². The molecular formula is C19H28N2O3. The number of hydrogen-bond donors (Lipinski definition) is 1. The second-order valence-electron chi connectivity index (χ2n) is 7.27. The van der Waals surface area contributed by atoms with Crippen molar-refractivity contribution in [3.8, 4) is 0 Å². The maximum atomic E-state index is 12.9. The van der Waals surface area contributed by atoms with Crippen molar-refractivity contribution in [1.29, 1.82) is 0 Å². The number of likely N-dealkylation sites (tertiary alicyclic amines) is 1. The average molecular weight is 332 g/mol. The highest BCUT2D eigenvalue weighted by Gasteiger charge is 2.28. The molecule has 2 amide bonds. The maximum absolute atomic E-state index is 12.9. The molecule has 0 spiro atoms.